The molecule has 0 aromatic heterocycles. The minimum absolute atomic E-state index is 0.114. The van der Waals surface area contributed by atoms with Gasteiger partial charge in [-0.25, -0.2) is 0 Å². The van der Waals surface area contributed by atoms with E-state index in [-0.39, 0.29) is 8.31 Å². The van der Waals surface area contributed by atoms with Gasteiger partial charge in [0.15, 0.2) is 7.83 Å². The van der Waals surface area contributed by atoms with Crippen LogP contribution < -0.4 is 0 Å². The fourth-order valence-electron chi connectivity index (χ4n) is 1.14. The van der Waals surface area contributed by atoms with Crippen molar-refractivity contribution in [3.63, 3.8) is 0 Å². The zero-order valence-corrected chi connectivity index (χ0v) is 12.6. The van der Waals surface area contributed by atoms with Crippen molar-refractivity contribution in [3.8, 4) is 0 Å². The van der Waals surface area contributed by atoms with E-state index in [9.17, 15) is 0 Å². The second-order valence-corrected chi connectivity index (χ2v) is 28.7. The monoisotopic (exact) mass is 219 g/mol. The van der Waals surface area contributed by atoms with Gasteiger partial charge in [0.25, 0.3) is 0 Å². The summed E-state index contributed by atoms with van der Waals surface area (Å²) in [5, 5.41) is 0. The van der Waals surface area contributed by atoms with Gasteiger partial charge in [-0.3, -0.25) is 0 Å². The molecule has 1 radical (unpaired) electrons. The summed E-state index contributed by atoms with van der Waals surface area (Å²) in [5.41, 5.74) is 0. The second-order valence-electron chi connectivity index (χ2n) is 4.57. The van der Waals surface area contributed by atoms with Crippen LogP contribution in [0.4, 0.5) is 0 Å². The molecule has 0 heterocycles. The van der Waals surface area contributed by atoms with E-state index >= 15 is 0 Å². The molecule has 0 unspecified atom stereocenters. The van der Waals surface area contributed by atoms with E-state index in [4.69, 9.17) is 4.43 Å². The van der Waals surface area contributed by atoms with Crippen molar-refractivity contribution in [2.24, 2.45) is 0 Å². The summed E-state index contributed by atoms with van der Waals surface area (Å²) >= 11 is 0. The molecule has 1 nitrogen and oxygen atoms in total. The molecule has 0 saturated carbocycles. The minimum Gasteiger partial charge on any atom is -0.421 e. The molecule has 4 heteroatoms. The molecule has 0 N–H and O–H groups in total. The summed E-state index contributed by atoms with van der Waals surface area (Å²) in [4.78, 5) is 0. The summed E-state index contributed by atoms with van der Waals surface area (Å²) in [6.45, 7) is 17.8. The summed E-state index contributed by atoms with van der Waals surface area (Å²) in [6.07, 6.45) is 0. The predicted octanol–water partition coefficient (Wildman–Crippen LogP) is 2.85. The highest BCUT2D eigenvalue weighted by molar-refractivity contribution is 7.62. The summed E-state index contributed by atoms with van der Waals surface area (Å²) < 4.78 is 5.98. The van der Waals surface area contributed by atoms with Crippen LogP contribution in [0.25, 0.3) is 0 Å². The highest BCUT2D eigenvalue weighted by atomic mass is 29.6. The first kappa shape index (κ1) is 12.6. The molecule has 12 heavy (non-hydrogen) atoms. The SMILES string of the molecule is CCO[Si](C)(C)[Si](C)(C)[Si](C)C. The molecule has 73 valence electrons. The zero-order valence-electron chi connectivity index (χ0n) is 9.62. The van der Waals surface area contributed by atoms with E-state index in [2.05, 4.69) is 46.2 Å². The quantitative estimate of drug-likeness (QED) is 0.661. The summed E-state index contributed by atoms with van der Waals surface area (Å²) in [5.74, 6) is 0. The molecule has 0 aromatic carbocycles. The van der Waals surface area contributed by atoms with Gasteiger partial charge in [0.05, 0.1) is 7.11 Å². The molecule has 0 atom stereocenters. The molecular weight excluding hydrogens is 196 g/mol. The lowest BCUT2D eigenvalue weighted by Crippen LogP contribution is -2.64. The summed E-state index contributed by atoms with van der Waals surface area (Å²) in [7, 11) is -2.43. The Balaban J connectivity index is 4.50. The van der Waals surface area contributed by atoms with Gasteiger partial charge < -0.3 is 4.43 Å². The van der Waals surface area contributed by atoms with Crippen molar-refractivity contribution in [1.82, 2.24) is 0 Å². The van der Waals surface area contributed by atoms with Gasteiger partial charge in [-0.1, -0.05) is 26.2 Å². The van der Waals surface area contributed by atoms with Crippen LogP contribution in [0.2, 0.25) is 39.3 Å². The van der Waals surface area contributed by atoms with Crippen LogP contribution in [-0.2, 0) is 4.43 Å². The van der Waals surface area contributed by atoms with Crippen LogP contribution in [-0.4, -0.2) is 29.9 Å². The van der Waals surface area contributed by atoms with Crippen molar-refractivity contribution < 1.29 is 4.43 Å². The molecule has 0 spiro atoms. The maximum absolute atomic E-state index is 5.98. The molecule has 0 saturated heterocycles. The van der Waals surface area contributed by atoms with Crippen molar-refractivity contribution in [2.45, 2.75) is 46.2 Å². The standard InChI is InChI=1S/C8H23OSi3/c1-8-9-11(4,5)12(6,7)10(2)3/h8H2,1-7H3. The van der Waals surface area contributed by atoms with Gasteiger partial charge >= 0.3 is 0 Å². The van der Waals surface area contributed by atoms with E-state index < -0.39 is 14.9 Å². The third-order valence-corrected chi connectivity index (χ3v) is 36.7. The first-order valence-corrected chi connectivity index (χ1v) is 15.1. The first-order chi connectivity index (χ1) is 5.25. The van der Waals surface area contributed by atoms with Crippen molar-refractivity contribution in [1.29, 1.82) is 0 Å². The molecule has 0 aromatic rings. The predicted molar refractivity (Wildman–Crippen MR) is 64.1 cm³/mol. The Morgan fingerprint density at radius 2 is 1.50 bits per heavy atom. The molecule has 0 amide bonds. The fourth-order valence-corrected chi connectivity index (χ4v) is 20.0. The zero-order chi connectivity index (χ0) is 9.99. The largest absolute Gasteiger partial charge is 0.421 e. The van der Waals surface area contributed by atoms with Crippen molar-refractivity contribution >= 4 is 23.3 Å². The smallest absolute Gasteiger partial charge is 0.170 e. The van der Waals surface area contributed by atoms with Gasteiger partial charge in [0.2, 0.25) is 0 Å². The molecule has 0 fully saturated rings. The number of hydrogen-bond donors (Lipinski definition) is 0. The molecule has 0 rings (SSSR count). The fraction of sp³-hybridized carbons (Fsp3) is 1.00. The Labute approximate surface area is 80.8 Å². The van der Waals surface area contributed by atoms with Crippen LogP contribution in [0.1, 0.15) is 6.92 Å². The van der Waals surface area contributed by atoms with Crippen molar-refractivity contribution in [2.75, 3.05) is 6.61 Å². The van der Waals surface area contributed by atoms with E-state index in [1.165, 1.54) is 0 Å². The minimum atomic E-state index is -1.31. The normalized spacial score (nSPS) is 14.0. The Hall–Kier alpha value is 0.611. The van der Waals surface area contributed by atoms with Gasteiger partial charge in [0.1, 0.15) is 0 Å². The van der Waals surface area contributed by atoms with E-state index in [1.54, 1.807) is 0 Å². The Morgan fingerprint density at radius 1 is 1.08 bits per heavy atom. The van der Waals surface area contributed by atoms with Crippen molar-refractivity contribution in [3.05, 3.63) is 0 Å². The maximum Gasteiger partial charge on any atom is 0.170 e. The van der Waals surface area contributed by atoms with E-state index in [0.717, 1.165) is 6.61 Å². The molecule has 0 aliphatic carbocycles. The Morgan fingerprint density at radius 3 is 1.75 bits per heavy atom. The van der Waals surface area contributed by atoms with E-state index in [0.29, 0.717) is 0 Å². The van der Waals surface area contributed by atoms with Gasteiger partial charge in [0, 0.05) is 14.9 Å². The van der Waals surface area contributed by atoms with E-state index in [1.807, 2.05) is 0 Å². The van der Waals surface area contributed by atoms with Gasteiger partial charge in [-0.05, 0) is 20.0 Å². The van der Waals surface area contributed by atoms with Crippen LogP contribution in [0, 0.1) is 0 Å². The lowest BCUT2D eigenvalue weighted by atomic mass is 10.9. The number of hydrogen-bond acceptors (Lipinski definition) is 1. The lowest BCUT2D eigenvalue weighted by molar-refractivity contribution is 0.342. The Kier molecular flexibility index (Phi) is 4.43. The first-order valence-electron chi connectivity index (χ1n) is 4.70. The second kappa shape index (κ2) is 4.21. The third kappa shape index (κ3) is 2.55. The maximum atomic E-state index is 5.98. The average Bonchev–Trinajstić information content (AvgIpc) is 1.86. The third-order valence-electron chi connectivity index (χ3n) is 3.26. The molecular formula is C8H23OSi3. The lowest BCUT2D eigenvalue weighted by Gasteiger charge is -2.39. The van der Waals surface area contributed by atoms with Gasteiger partial charge in [-0.2, -0.15) is 0 Å². The highest BCUT2D eigenvalue weighted by Gasteiger charge is 2.45. The van der Waals surface area contributed by atoms with Crippen LogP contribution >= 0.6 is 0 Å². The molecule has 0 bridgehead atoms. The van der Waals surface area contributed by atoms with Gasteiger partial charge in [-0.15, -0.1) is 0 Å². The van der Waals surface area contributed by atoms with Crippen LogP contribution in [0.5, 0.6) is 0 Å². The molecule has 0 aliphatic rings. The van der Waals surface area contributed by atoms with Crippen LogP contribution in [0.3, 0.4) is 0 Å². The average molecular weight is 220 g/mol. The molecule has 0 aliphatic heterocycles. The van der Waals surface area contributed by atoms with Crippen LogP contribution in [0.15, 0.2) is 0 Å². The topological polar surface area (TPSA) is 9.23 Å². The Bertz CT molecular complexity index is 143. The number of rotatable bonds is 4. The highest BCUT2D eigenvalue weighted by Crippen LogP contribution is 2.22. The summed E-state index contributed by atoms with van der Waals surface area (Å²) in [6, 6.07) is 0.